The molecular formula is C24H43IN4O. The number of ether oxygens (including phenoxy) is 1. The highest BCUT2D eigenvalue weighted by Gasteiger charge is 2.24. The standard InChI is InChI=1S/C24H42N4O.HI/c1-4-25-24(26-16-11-6-5-7-12-17-27(2)3)28-18-15-23(19-28)21-29-20-22-13-9-8-10-14-22;/h8-10,13-14,23H,4-7,11-12,15-21H2,1-3H3,(H,25,26);1H. The molecule has 1 heterocycles. The SMILES string of the molecule is CCNC(=NCCCCCCCN(C)C)N1CCC(COCc2ccccc2)C1.I. The van der Waals surface area contributed by atoms with E-state index >= 15 is 0 Å². The Hall–Kier alpha value is -0.860. The van der Waals surface area contributed by atoms with Crippen LogP contribution in [0.3, 0.4) is 0 Å². The van der Waals surface area contributed by atoms with Crippen molar-refractivity contribution in [2.45, 2.75) is 52.1 Å². The molecule has 0 aromatic heterocycles. The maximum absolute atomic E-state index is 5.96. The Morgan fingerprint density at radius 2 is 1.87 bits per heavy atom. The van der Waals surface area contributed by atoms with Crippen LogP contribution in [0.5, 0.6) is 0 Å². The first-order valence-corrected chi connectivity index (χ1v) is 11.5. The third kappa shape index (κ3) is 11.5. The van der Waals surface area contributed by atoms with Crippen molar-refractivity contribution in [3.63, 3.8) is 0 Å². The molecule has 1 aromatic carbocycles. The number of likely N-dealkylation sites (tertiary alicyclic amines) is 1. The van der Waals surface area contributed by atoms with E-state index in [-0.39, 0.29) is 24.0 Å². The predicted molar refractivity (Wildman–Crippen MR) is 139 cm³/mol. The summed E-state index contributed by atoms with van der Waals surface area (Å²) in [5, 5.41) is 3.48. The average Bonchev–Trinajstić information content (AvgIpc) is 3.18. The highest BCUT2D eigenvalue weighted by molar-refractivity contribution is 14.0. The molecule has 2 rings (SSSR count). The van der Waals surface area contributed by atoms with E-state index in [1.165, 1.54) is 50.6 Å². The molecule has 1 aliphatic rings. The van der Waals surface area contributed by atoms with Gasteiger partial charge in [0.25, 0.3) is 0 Å². The Bertz CT molecular complexity index is 568. The third-order valence-electron chi connectivity index (χ3n) is 5.41. The van der Waals surface area contributed by atoms with Gasteiger partial charge in [0, 0.05) is 32.1 Å². The van der Waals surface area contributed by atoms with Crippen molar-refractivity contribution >= 4 is 29.9 Å². The van der Waals surface area contributed by atoms with Gasteiger partial charge in [0.05, 0.1) is 13.2 Å². The fraction of sp³-hybridized carbons (Fsp3) is 0.708. The molecule has 0 spiro atoms. The average molecular weight is 531 g/mol. The molecule has 0 aliphatic carbocycles. The normalized spacial score (nSPS) is 16.7. The minimum atomic E-state index is 0. The van der Waals surface area contributed by atoms with E-state index in [1.807, 2.05) is 6.07 Å². The molecule has 1 aliphatic heterocycles. The number of unbranched alkanes of at least 4 members (excludes halogenated alkanes) is 4. The van der Waals surface area contributed by atoms with Gasteiger partial charge in [0.1, 0.15) is 0 Å². The fourth-order valence-corrected chi connectivity index (χ4v) is 3.76. The Labute approximate surface area is 201 Å². The molecule has 1 fully saturated rings. The molecule has 30 heavy (non-hydrogen) atoms. The molecule has 0 radical (unpaired) electrons. The second kappa shape index (κ2) is 16.8. The summed E-state index contributed by atoms with van der Waals surface area (Å²) in [6.07, 6.45) is 7.62. The Kier molecular flexibility index (Phi) is 15.2. The van der Waals surface area contributed by atoms with Crippen molar-refractivity contribution in [2.75, 3.05) is 53.4 Å². The Balaban J connectivity index is 0.00000450. The van der Waals surface area contributed by atoms with Crippen LogP contribution in [0.25, 0.3) is 0 Å². The zero-order valence-corrected chi connectivity index (χ0v) is 21.6. The molecule has 1 aromatic rings. The lowest BCUT2D eigenvalue weighted by atomic mass is 10.1. The van der Waals surface area contributed by atoms with Crippen molar-refractivity contribution in [2.24, 2.45) is 10.9 Å². The van der Waals surface area contributed by atoms with Crippen LogP contribution < -0.4 is 5.32 Å². The lowest BCUT2D eigenvalue weighted by Gasteiger charge is -2.21. The molecule has 5 nitrogen and oxygen atoms in total. The van der Waals surface area contributed by atoms with Crippen molar-refractivity contribution < 1.29 is 4.74 Å². The molecule has 1 saturated heterocycles. The number of nitrogens with one attached hydrogen (secondary N) is 1. The van der Waals surface area contributed by atoms with Crippen molar-refractivity contribution in [1.29, 1.82) is 0 Å². The van der Waals surface area contributed by atoms with Crippen LogP contribution in [0.4, 0.5) is 0 Å². The van der Waals surface area contributed by atoms with Crippen molar-refractivity contribution in [3.8, 4) is 0 Å². The number of nitrogens with zero attached hydrogens (tertiary/aromatic N) is 3. The largest absolute Gasteiger partial charge is 0.376 e. The molecule has 0 amide bonds. The predicted octanol–water partition coefficient (Wildman–Crippen LogP) is 4.62. The highest BCUT2D eigenvalue weighted by Crippen LogP contribution is 2.17. The smallest absolute Gasteiger partial charge is 0.193 e. The first-order valence-electron chi connectivity index (χ1n) is 11.5. The van der Waals surface area contributed by atoms with Crippen LogP contribution in [-0.2, 0) is 11.3 Å². The molecule has 6 heteroatoms. The van der Waals surface area contributed by atoms with Gasteiger partial charge in [0.15, 0.2) is 5.96 Å². The van der Waals surface area contributed by atoms with Crippen molar-refractivity contribution in [3.05, 3.63) is 35.9 Å². The minimum Gasteiger partial charge on any atom is -0.376 e. The van der Waals surface area contributed by atoms with E-state index in [9.17, 15) is 0 Å². The number of hydrogen-bond acceptors (Lipinski definition) is 3. The zero-order chi connectivity index (χ0) is 20.7. The van der Waals surface area contributed by atoms with Crippen molar-refractivity contribution in [1.82, 2.24) is 15.1 Å². The molecule has 0 saturated carbocycles. The van der Waals surface area contributed by atoms with Gasteiger partial charge in [0.2, 0.25) is 0 Å². The van der Waals surface area contributed by atoms with Gasteiger partial charge in [-0.2, -0.15) is 0 Å². The second-order valence-corrected chi connectivity index (χ2v) is 8.41. The maximum atomic E-state index is 5.96. The van der Waals surface area contributed by atoms with Crippen LogP contribution in [-0.4, -0.2) is 69.2 Å². The van der Waals surface area contributed by atoms with E-state index in [0.29, 0.717) is 12.5 Å². The number of halogens is 1. The molecule has 1 atom stereocenters. The monoisotopic (exact) mass is 530 g/mol. The van der Waals surface area contributed by atoms with Gasteiger partial charge < -0.3 is 19.9 Å². The lowest BCUT2D eigenvalue weighted by molar-refractivity contribution is 0.0907. The van der Waals surface area contributed by atoms with E-state index in [1.54, 1.807) is 0 Å². The van der Waals surface area contributed by atoms with Gasteiger partial charge in [-0.05, 0) is 52.4 Å². The topological polar surface area (TPSA) is 40.1 Å². The van der Waals surface area contributed by atoms with Gasteiger partial charge >= 0.3 is 0 Å². The van der Waals surface area contributed by atoms with Gasteiger partial charge in [-0.25, -0.2) is 0 Å². The summed E-state index contributed by atoms with van der Waals surface area (Å²) in [5.41, 5.74) is 1.25. The van der Waals surface area contributed by atoms with Crippen LogP contribution in [0.1, 0.15) is 51.0 Å². The first-order chi connectivity index (χ1) is 14.2. The molecule has 1 N–H and O–H groups in total. The number of benzene rings is 1. The summed E-state index contributed by atoms with van der Waals surface area (Å²) < 4.78 is 5.96. The highest BCUT2D eigenvalue weighted by atomic mass is 127. The number of guanidine groups is 1. The maximum Gasteiger partial charge on any atom is 0.193 e. The Morgan fingerprint density at radius 1 is 1.13 bits per heavy atom. The van der Waals surface area contributed by atoms with E-state index in [0.717, 1.165) is 38.7 Å². The number of rotatable bonds is 13. The van der Waals surface area contributed by atoms with Crippen LogP contribution in [0.2, 0.25) is 0 Å². The summed E-state index contributed by atoms with van der Waals surface area (Å²) in [6.45, 7) is 8.88. The zero-order valence-electron chi connectivity index (χ0n) is 19.3. The molecular weight excluding hydrogens is 487 g/mol. The van der Waals surface area contributed by atoms with Crippen LogP contribution >= 0.6 is 24.0 Å². The third-order valence-corrected chi connectivity index (χ3v) is 5.41. The first kappa shape index (κ1) is 27.2. The lowest BCUT2D eigenvalue weighted by Crippen LogP contribution is -2.40. The quantitative estimate of drug-likeness (QED) is 0.175. The van der Waals surface area contributed by atoms with Gasteiger partial charge in [-0.15, -0.1) is 24.0 Å². The van der Waals surface area contributed by atoms with Crippen LogP contribution in [0, 0.1) is 5.92 Å². The summed E-state index contributed by atoms with van der Waals surface area (Å²) >= 11 is 0. The summed E-state index contributed by atoms with van der Waals surface area (Å²) in [5.74, 6) is 1.69. The summed E-state index contributed by atoms with van der Waals surface area (Å²) in [4.78, 5) is 9.57. The fourth-order valence-electron chi connectivity index (χ4n) is 3.76. The van der Waals surface area contributed by atoms with Crippen LogP contribution in [0.15, 0.2) is 35.3 Å². The summed E-state index contributed by atoms with van der Waals surface area (Å²) in [7, 11) is 4.30. The molecule has 172 valence electrons. The van der Waals surface area contributed by atoms with E-state index in [2.05, 4.69) is 60.4 Å². The number of aliphatic imine (C=N–C) groups is 1. The van der Waals surface area contributed by atoms with Gasteiger partial charge in [-0.3, -0.25) is 4.99 Å². The molecule has 1 unspecified atom stereocenters. The van der Waals surface area contributed by atoms with E-state index < -0.39 is 0 Å². The minimum absolute atomic E-state index is 0. The van der Waals surface area contributed by atoms with Gasteiger partial charge in [-0.1, -0.05) is 49.6 Å². The Morgan fingerprint density at radius 3 is 2.60 bits per heavy atom. The molecule has 0 bridgehead atoms. The summed E-state index contributed by atoms with van der Waals surface area (Å²) in [6, 6.07) is 10.4. The second-order valence-electron chi connectivity index (χ2n) is 8.41. The van der Waals surface area contributed by atoms with E-state index in [4.69, 9.17) is 9.73 Å². The number of hydrogen-bond donors (Lipinski definition) is 1.